The molecule has 1 amide bonds. The fourth-order valence-electron chi connectivity index (χ4n) is 1.10. The first-order valence-electron chi connectivity index (χ1n) is 4.82. The van der Waals surface area contributed by atoms with E-state index in [2.05, 4.69) is 11.4 Å². The van der Waals surface area contributed by atoms with E-state index in [4.69, 9.17) is 5.26 Å². The highest BCUT2D eigenvalue weighted by atomic mass is 16.1. The average Bonchev–Trinajstić information content (AvgIpc) is 2.16. The third kappa shape index (κ3) is 4.51. The second-order valence-corrected chi connectivity index (χ2v) is 3.29. The summed E-state index contributed by atoms with van der Waals surface area (Å²) in [4.78, 5) is 11.4. The zero-order chi connectivity index (χ0) is 10.3. The monoisotopic (exact) mass is 182 g/mol. The van der Waals surface area contributed by atoms with Gasteiger partial charge < -0.3 is 5.32 Å². The van der Waals surface area contributed by atoms with Crippen molar-refractivity contribution < 1.29 is 4.79 Å². The molecular formula is C10H18N2O. The van der Waals surface area contributed by atoms with Gasteiger partial charge in [-0.1, -0.05) is 13.8 Å². The molecule has 0 aliphatic rings. The molecule has 0 radical (unpaired) electrons. The molecule has 0 aliphatic heterocycles. The number of hydrogen-bond donors (Lipinski definition) is 1. The normalized spacial score (nSPS) is 12.2. The Morgan fingerprint density at radius 2 is 2.00 bits per heavy atom. The van der Waals surface area contributed by atoms with Gasteiger partial charge in [-0.05, 0) is 19.8 Å². The molecule has 0 spiro atoms. The number of nitrogens with zero attached hydrogens (tertiary/aromatic N) is 1. The highest BCUT2D eigenvalue weighted by Crippen LogP contribution is 2.06. The molecule has 13 heavy (non-hydrogen) atoms. The third-order valence-electron chi connectivity index (χ3n) is 2.16. The number of rotatable bonds is 5. The summed E-state index contributed by atoms with van der Waals surface area (Å²) in [6, 6.07) is 2.08. The van der Waals surface area contributed by atoms with Gasteiger partial charge in [-0.15, -0.1) is 0 Å². The number of carbonyl (C=O) groups is 1. The highest BCUT2D eigenvalue weighted by molar-refractivity contribution is 5.78. The minimum atomic E-state index is -0.0988. The lowest BCUT2D eigenvalue weighted by Gasteiger charge is -2.12. The summed E-state index contributed by atoms with van der Waals surface area (Å²) >= 11 is 0. The molecule has 0 aromatic carbocycles. The van der Waals surface area contributed by atoms with Gasteiger partial charge in [-0.3, -0.25) is 4.79 Å². The summed E-state index contributed by atoms with van der Waals surface area (Å²) in [6.07, 6.45) is 1.73. The maximum absolute atomic E-state index is 11.4. The van der Waals surface area contributed by atoms with Gasteiger partial charge in [0.15, 0.2) is 0 Å². The Kier molecular flexibility index (Phi) is 5.96. The van der Waals surface area contributed by atoms with E-state index >= 15 is 0 Å². The Morgan fingerprint density at radius 3 is 2.38 bits per heavy atom. The number of hydrogen-bond acceptors (Lipinski definition) is 2. The SMILES string of the molecule is CCC(CC)C(=O)NCC(C)C#N. The fourth-order valence-corrected chi connectivity index (χ4v) is 1.10. The Labute approximate surface area is 80.1 Å². The summed E-state index contributed by atoms with van der Waals surface area (Å²) in [5, 5.41) is 11.3. The Hall–Kier alpha value is -1.04. The lowest BCUT2D eigenvalue weighted by molar-refractivity contribution is -0.125. The van der Waals surface area contributed by atoms with Crippen molar-refractivity contribution in [3.8, 4) is 6.07 Å². The molecule has 1 unspecified atom stereocenters. The van der Waals surface area contributed by atoms with E-state index in [0.29, 0.717) is 6.54 Å². The molecule has 1 atom stereocenters. The minimum Gasteiger partial charge on any atom is -0.355 e. The van der Waals surface area contributed by atoms with Crippen molar-refractivity contribution in [2.45, 2.75) is 33.6 Å². The second-order valence-electron chi connectivity index (χ2n) is 3.29. The molecule has 0 aromatic heterocycles. The van der Waals surface area contributed by atoms with Crippen LogP contribution in [0.1, 0.15) is 33.6 Å². The highest BCUT2D eigenvalue weighted by Gasteiger charge is 2.13. The van der Waals surface area contributed by atoms with Crippen molar-refractivity contribution in [1.82, 2.24) is 5.32 Å². The zero-order valence-electron chi connectivity index (χ0n) is 8.63. The second kappa shape index (κ2) is 6.47. The molecule has 0 saturated heterocycles. The zero-order valence-corrected chi connectivity index (χ0v) is 8.63. The van der Waals surface area contributed by atoms with Crippen molar-refractivity contribution in [2.24, 2.45) is 11.8 Å². The van der Waals surface area contributed by atoms with Crippen LogP contribution in [0.25, 0.3) is 0 Å². The van der Waals surface area contributed by atoms with Crippen LogP contribution in [0.15, 0.2) is 0 Å². The van der Waals surface area contributed by atoms with Crippen molar-refractivity contribution >= 4 is 5.91 Å². The van der Waals surface area contributed by atoms with Crippen LogP contribution in [0.2, 0.25) is 0 Å². The van der Waals surface area contributed by atoms with E-state index in [0.717, 1.165) is 12.8 Å². The van der Waals surface area contributed by atoms with Crippen LogP contribution in [0.5, 0.6) is 0 Å². The summed E-state index contributed by atoms with van der Waals surface area (Å²) in [7, 11) is 0. The van der Waals surface area contributed by atoms with Crippen LogP contribution in [0.4, 0.5) is 0 Å². The lowest BCUT2D eigenvalue weighted by Crippen LogP contribution is -2.33. The predicted molar refractivity (Wildman–Crippen MR) is 51.9 cm³/mol. The van der Waals surface area contributed by atoms with E-state index in [1.54, 1.807) is 6.92 Å². The molecule has 0 saturated carbocycles. The molecule has 0 heterocycles. The summed E-state index contributed by atoms with van der Waals surface area (Å²) in [5.74, 6) is 0.0799. The van der Waals surface area contributed by atoms with Gasteiger partial charge in [0.05, 0.1) is 12.0 Å². The molecule has 3 heteroatoms. The van der Waals surface area contributed by atoms with Crippen LogP contribution in [0, 0.1) is 23.2 Å². The van der Waals surface area contributed by atoms with Crippen molar-refractivity contribution in [3.05, 3.63) is 0 Å². The molecule has 0 bridgehead atoms. The average molecular weight is 182 g/mol. The Bertz CT molecular complexity index is 192. The molecule has 0 aliphatic carbocycles. The van der Waals surface area contributed by atoms with Crippen LogP contribution in [-0.4, -0.2) is 12.5 Å². The van der Waals surface area contributed by atoms with Crippen LogP contribution < -0.4 is 5.32 Å². The van der Waals surface area contributed by atoms with Gasteiger partial charge >= 0.3 is 0 Å². The maximum Gasteiger partial charge on any atom is 0.223 e. The molecule has 0 fully saturated rings. The molecule has 0 rings (SSSR count). The maximum atomic E-state index is 11.4. The third-order valence-corrected chi connectivity index (χ3v) is 2.16. The van der Waals surface area contributed by atoms with Crippen molar-refractivity contribution in [3.63, 3.8) is 0 Å². The summed E-state index contributed by atoms with van der Waals surface area (Å²) in [6.45, 7) is 6.27. The first kappa shape index (κ1) is 12.0. The predicted octanol–water partition coefficient (Wildman–Crippen LogP) is 1.70. The Balaban J connectivity index is 3.80. The van der Waals surface area contributed by atoms with Gasteiger partial charge in [0.2, 0.25) is 5.91 Å². The number of carbonyl (C=O) groups excluding carboxylic acids is 1. The Morgan fingerprint density at radius 1 is 1.46 bits per heavy atom. The number of nitriles is 1. The molecule has 3 nitrogen and oxygen atoms in total. The number of nitrogens with one attached hydrogen (secondary N) is 1. The van der Waals surface area contributed by atoms with E-state index in [9.17, 15) is 4.79 Å². The summed E-state index contributed by atoms with van der Waals surface area (Å²) < 4.78 is 0. The van der Waals surface area contributed by atoms with Crippen LogP contribution >= 0.6 is 0 Å². The topological polar surface area (TPSA) is 52.9 Å². The van der Waals surface area contributed by atoms with Gasteiger partial charge in [-0.25, -0.2) is 0 Å². The smallest absolute Gasteiger partial charge is 0.223 e. The first-order chi connectivity index (χ1) is 6.15. The molecule has 1 N–H and O–H groups in total. The summed E-state index contributed by atoms with van der Waals surface area (Å²) in [5.41, 5.74) is 0. The quantitative estimate of drug-likeness (QED) is 0.703. The van der Waals surface area contributed by atoms with Crippen LogP contribution in [-0.2, 0) is 4.79 Å². The standard InChI is InChI=1S/C10H18N2O/c1-4-9(5-2)10(13)12-7-8(3)6-11/h8-9H,4-5,7H2,1-3H3,(H,12,13). The lowest BCUT2D eigenvalue weighted by atomic mass is 10.0. The van der Waals surface area contributed by atoms with E-state index in [1.165, 1.54) is 0 Å². The van der Waals surface area contributed by atoms with Crippen molar-refractivity contribution in [2.75, 3.05) is 6.54 Å². The van der Waals surface area contributed by atoms with Crippen molar-refractivity contribution in [1.29, 1.82) is 5.26 Å². The minimum absolute atomic E-state index is 0.0760. The molecule has 74 valence electrons. The van der Waals surface area contributed by atoms with Gasteiger partial charge in [0.25, 0.3) is 0 Å². The molecule has 0 aromatic rings. The van der Waals surface area contributed by atoms with E-state index in [1.807, 2.05) is 13.8 Å². The van der Waals surface area contributed by atoms with Gasteiger partial charge in [0, 0.05) is 12.5 Å². The fraction of sp³-hybridized carbons (Fsp3) is 0.800. The van der Waals surface area contributed by atoms with E-state index < -0.39 is 0 Å². The van der Waals surface area contributed by atoms with Gasteiger partial charge in [0.1, 0.15) is 0 Å². The molecular weight excluding hydrogens is 164 g/mol. The number of amides is 1. The van der Waals surface area contributed by atoms with Gasteiger partial charge in [-0.2, -0.15) is 5.26 Å². The largest absolute Gasteiger partial charge is 0.355 e. The van der Waals surface area contributed by atoms with E-state index in [-0.39, 0.29) is 17.7 Å². The van der Waals surface area contributed by atoms with Crippen LogP contribution in [0.3, 0.4) is 0 Å². The first-order valence-corrected chi connectivity index (χ1v) is 4.82.